The smallest absolute Gasteiger partial charge is 0.225 e. The summed E-state index contributed by atoms with van der Waals surface area (Å²) >= 11 is 6.38. The molecule has 0 saturated carbocycles. The van der Waals surface area contributed by atoms with Crippen molar-refractivity contribution in [3.8, 4) is 11.3 Å². The number of amides is 1. The Morgan fingerprint density at radius 2 is 1.94 bits per heavy atom. The molecule has 1 aliphatic rings. The number of aromatic nitrogens is 3. The van der Waals surface area contributed by atoms with Gasteiger partial charge in [0.25, 0.3) is 0 Å². The molecule has 0 unspecified atom stereocenters. The Hall–Kier alpha value is -3.38. The van der Waals surface area contributed by atoms with Crippen LogP contribution in [0.3, 0.4) is 0 Å². The number of benzene rings is 2. The Labute approximate surface area is 191 Å². The van der Waals surface area contributed by atoms with Crippen molar-refractivity contribution >= 4 is 28.8 Å². The highest BCUT2D eigenvalue weighted by Crippen LogP contribution is 2.31. The average Bonchev–Trinajstić information content (AvgIpc) is 3.28. The van der Waals surface area contributed by atoms with Gasteiger partial charge < -0.3 is 10.2 Å². The van der Waals surface area contributed by atoms with Crippen molar-refractivity contribution in [3.05, 3.63) is 83.6 Å². The Balaban J connectivity index is 1.35. The summed E-state index contributed by atoms with van der Waals surface area (Å²) in [5.41, 5.74) is 3.71. The molecule has 2 aromatic carbocycles. The molecule has 162 valence electrons. The lowest BCUT2D eigenvalue weighted by Crippen LogP contribution is -2.43. The van der Waals surface area contributed by atoms with Crippen molar-refractivity contribution in [2.24, 2.45) is 5.92 Å². The number of piperidine rings is 1. The molecule has 0 radical (unpaired) electrons. The molecule has 3 heterocycles. The van der Waals surface area contributed by atoms with Crippen LogP contribution in [0.25, 0.3) is 16.8 Å². The Morgan fingerprint density at radius 3 is 2.78 bits per heavy atom. The fourth-order valence-electron chi connectivity index (χ4n) is 4.27. The minimum absolute atomic E-state index is 0.0690. The highest BCUT2D eigenvalue weighted by Gasteiger charge is 2.27. The normalized spacial score (nSPS) is 16.3. The van der Waals surface area contributed by atoms with Gasteiger partial charge in [0.15, 0.2) is 5.82 Å². The summed E-state index contributed by atoms with van der Waals surface area (Å²) in [4.78, 5) is 19.7. The van der Waals surface area contributed by atoms with Crippen molar-refractivity contribution in [2.45, 2.75) is 19.4 Å². The first kappa shape index (κ1) is 20.5. The zero-order valence-corrected chi connectivity index (χ0v) is 18.4. The fraction of sp³-hybridized carbons (Fsp3) is 0.240. The van der Waals surface area contributed by atoms with Gasteiger partial charge in [0.05, 0.1) is 16.6 Å². The lowest BCUT2D eigenvalue weighted by atomic mass is 9.97. The number of carbonyl (C=O) groups is 1. The van der Waals surface area contributed by atoms with Crippen LogP contribution in [0, 0.1) is 5.92 Å². The molecular formula is C25H24ClN5O. The van der Waals surface area contributed by atoms with Gasteiger partial charge in [-0.3, -0.25) is 4.79 Å². The van der Waals surface area contributed by atoms with Crippen molar-refractivity contribution in [1.29, 1.82) is 0 Å². The number of carbonyl (C=O) groups excluding carboxylic acids is 1. The molecule has 7 heteroatoms. The van der Waals surface area contributed by atoms with E-state index in [-0.39, 0.29) is 11.8 Å². The minimum Gasteiger partial charge on any atom is -0.354 e. The van der Waals surface area contributed by atoms with Crippen molar-refractivity contribution < 1.29 is 4.79 Å². The minimum atomic E-state index is -0.0690. The SMILES string of the molecule is O=C(NCc1ccccc1)[C@H]1CCCN(c2nccn3nc(-c4ccccc4Cl)cc23)C1. The first-order chi connectivity index (χ1) is 15.7. The van der Waals surface area contributed by atoms with Crippen LogP contribution in [0.2, 0.25) is 5.02 Å². The molecule has 1 fully saturated rings. The van der Waals surface area contributed by atoms with E-state index < -0.39 is 0 Å². The van der Waals surface area contributed by atoms with Crippen LogP contribution in [0.15, 0.2) is 73.1 Å². The molecule has 0 spiro atoms. The maximum absolute atomic E-state index is 12.8. The lowest BCUT2D eigenvalue weighted by molar-refractivity contribution is -0.125. The van der Waals surface area contributed by atoms with Gasteiger partial charge in [-0.1, -0.05) is 60.1 Å². The van der Waals surface area contributed by atoms with Crippen LogP contribution in [0.1, 0.15) is 18.4 Å². The maximum atomic E-state index is 12.8. The van der Waals surface area contributed by atoms with E-state index in [1.165, 1.54) is 0 Å². The number of nitrogens with zero attached hydrogens (tertiary/aromatic N) is 4. The number of halogens is 1. The number of hydrogen-bond donors (Lipinski definition) is 1. The Morgan fingerprint density at radius 1 is 1.12 bits per heavy atom. The number of rotatable bonds is 5. The first-order valence-electron chi connectivity index (χ1n) is 10.8. The summed E-state index contributed by atoms with van der Waals surface area (Å²) < 4.78 is 1.83. The zero-order chi connectivity index (χ0) is 21.9. The molecule has 4 aromatic rings. The summed E-state index contributed by atoms with van der Waals surface area (Å²) in [7, 11) is 0. The predicted molar refractivity (Wildman–Crippen MR) is 127 cm³/mol. The van der Waals surface area contributed by atoms with Crippen LogP contribution < -0.4 is 10.2 Å². The van der Waals surface area contributed by atoms with Crippen LogP contribution in [-0.4, -0.2) is 33.6 Å². The van der Waals surface area contributed by atoms with E-state index in [0.29, 0.717) is 18.1 Å². The summed E-state index contributed by atoms with van der Waals surface area (Å²) in [6.07, 6.45) is 5.42. The first-order valence-corrected chi connectivity index (χ1v) is 11.2. The van der Waals surface area contributed by atoms with Gasteiger partial charge in [-0.15, -0.1) is 0 Å². The van der Waals surface area contributed by atoms with Crippen LogP contribution in [-0.2, 0) is 11.3 Å². The second-order valence-electron chi connectivity index (χ2n) is 8.08. The van der Waals surface area contributed by atoms with E-state index in [9.17, 15) is 4.79 Å². The molecule has 6 nitrogen and oxygen atoms in total. The molecule has 1 amide bonds. The summed E-state index contributed by atoms with van der Waals surface area (Å²) in [6.45, 7) is 2.05. The lowest BCUT2D eigenvalue weighted by Gasteiger charge is -2.33. The summed E-state index contributed by atoms with van der Waals surface area (Å²) in [5.74, 6) is 0.870. The van der Waals surface area contributed by atoms with Crippen molar-refractivity contribution in [2.75, 3.05) is 18.0 Å². The quantitative estimate of drug-likeness (QED) is 0.488. The Bertz CT molecular complexity index is 1240. The van der Waals surface area contributed by atoms with Crippen LogP contribution >= 0.6 is 11.6 Å². The average molecular weight is 446 g/mol. The molecular weight excluding hydrogens is 422 g/mol. The molecule has 1 N–H and O–H groups in total. The Kier molecular flexibility index (Phi) is 5.77. The van der Waals surface area contributed by atoms with Gasteiger partial charge >= 0.3 is 0 Å². The molecule has 2 aromatic heterocycles. The maximum Gasteiger partial charge on any atom is 0.225 e. The van der Waals surface area contributed by atoms with Gasteiger partial charge in [0, 0.05) is 37.6 Å². The molecule has 0 bridgehead atoms. The molecule has 5 rings (SSSR count). The fourth-order valence-corrected chi connectivity index (χ4v) is 4.50. The van der Waals surface area contributed by atoms with Crippen molar-refractivity contribution in [3.63, 3.8) is 0 Å². The molecule has 1 aliphatic heterocycles. The number of fused-ring (bicyclic) bond motifs is 1. The second-order valence-corrected chi connectivity index (χ2v) is 8.49. The van der Waals surface area contributed by atoms with Gasteiger partial charge in [-0.25, -0.2) is 9.50 Å². The van der Waals surface area contributed by atoms with E-state index in [4.69, 9.17) is 16.7 Å². The summed E-state index contributed by atoms with van der Waals surface area (Å²) in [5, 5.41) is 8.46. The van der Waals surface area contributed by atoms with E-state index in [2.05, 4.69) is 15.2 Å². The topological polar surface area (TPSA) is 62.5 Å². The highest BCUT2D eigenvalue weighted by molar-refractivity contribution is 6.33. The highest BCUT2D eigenvalue weighted by atomic mass is 35.5. The predicted octanol–water partition coefficient (Wildman–Crippen LogP) is 4.58. The van der Waals surface area contributed by atoms with Gasteiger partial charge in [-0.05, 0) is 30.5 Å². The van der Waals surface area contributed by atoms with E-state index in [1.54, 1.807) is 6.20 Å². The van der Waals surface area contributed by atoms with Gasteiger partial charge in [0.1, 0.15) is 5.52 Å². The second kappa shape index (κ2) is 9.01. The van der Waals surface area contributed by atoms with Gasteiger partial charge in [-0.2, -0.15) is 5.10 Å². The van der Waals surface area contributed by atoms with Crippen molar-refractivity contribution in [1.82, 2.24) is 19.9 Å². The van der Waals surface area contributed by atoms with Gasteiger partial charge in [0.2, 0.25) is 5.91 Å². The van der Waals surface area contributed by atoms with E-state index in [1.807, 2.05) is 71.4 Å². The molecule has 1 saturated heterocycles. The number of nitrogens with one attached hydrogen (secondary N) is 1. The largest absolute Gasteiger partial charge is 0.354 e. The van der Waals surface area contributed by atoms with Crippen LogP contribution in [0.5, 0.6) is 0 Å². The third-order valence-electron chi connectivity index (χ3n) is 5.92. The van der Waals surface area contributed by atoms with Crippen LogP contribution in [0.4, 0.5) is 5.82 Å². The molecule has 1 atom stereocenters. The number of hydrogen-bond acceptors (Lipinski definition) is 4. The summed E-state index contributed by atoms with van der Waals surface area (Å²) in [6, 6.07) is 19.7. The molecule has 0 aliphatic carbocycles. The standard InChI is InChI=1S/C25H24ClN5O/c26-21-11-5-4-10-20(21)22-15-23-24(27-12-14-31(23)29-22)30-13-6-9-19(17-30)25(32)28-16-18-7-2-1-3-8-18/h1-5,7-8,10-12,14-15,19H,6,9,13,16-17H2,(H,28,32)/t19-/m0/s1. The number of anilines is 1. The zero-order valence-electron chi connectivity index (χ0n) is 17.6. The molecule has 32 heavy (non-hydrogen) atoms. The third-order valence-corrected chi connectivity index (χ3v) is 6.25. The van der Waals surface area contributed by atoms with E-state index in [0.717, 1.165) is 47.5 Å². The third kappa shape index (κ3) is 4.18. The monoisotopic (exact) mass is 445 g/mol. The van der Waals surface area contributed by atoms with E-state index >= 15 is 0 Å².